The fourth-order valence-electron chi connectivity index (χ4n) is 2.38. The third-order valence-corrected chi connectivity index (χ3v) is 5.04. The number of benzene rings is 2. The van der Waals surface area contributed by atoms with Gasteiger partial charge in [0, 0.05) is 14.0 Å². The van der Waals surface area contributed by atoms with Crippen LogP contribution in [-0.4, -0.2) is 0 Å². The molecule has 0 saturated carbocycles. The average Bonchev–Trinajstić information content (AvgIpc) is 2.87. The molecule has 0 aliphatic carbocycles. The highest BCUT2D eigenvalue weighted by Crippen LogP contribution is 2.31. The molecule has 21 heavy (non-hydrogen) atoms. The second kappa shape index (κ2) is 6.23. The second-order valence-electron chi connectivity index (χ2n) is 4.89. The monoisotopic (exact) mass is 364 g/mol. The van der Waals surface area contributed by atoms with Gasteiger partial charge in [0.15, 0.2) is 0 Å². The number of nitrogens with one attached hydrogen (secondary N) is 1. The van der Waals surface area contributed by atoms with Gasteiger partial charge in [0.25, 0.3) is 0 Å². The lowest BCUT2D eigenvalue weighted by atomic mass is 10.0. The van der Waals surface area contributed by atoms with E-state index in [1.807, 2.05) is 18.2 Å². The minimum absolute atomic E-state index is 0.0314. The van der Waals surface area contributed by atoms with Gasteiger partial charge in [0.1, 0.15) is 5.82 Å². The van der Waals surface area contributed by atoms with Gasteiger partial charge in [-0.3, -0.25) is 11.3 Å². The number of halogens is 2. The molecular weight excluding hydrogens is 351 g/mol. The Labute approximate surface area is 134 Å². The lowest BCUT2D eigenvalue weighted by Gasteiger charge is -2.14. The smallest absolute Gasteiger partial charge is 0.124 e. The fraction of sp³-hybridized carbons (Fsp3) is 0.125. The Morgan fingerprint density at radius 3 is 2.71 bits per heavy atom. The molecule has 0 aliphatic rings. The van der Waals surface area contributed by atoms with Gasteiger partial charge in [-0.2, -0.15) is 0 Å². The fourth-order valence-corrected chi connectivity index (χ4v) is 4.02. The maximum Gasteiger partial charge on any atom is 0.124 e. The molecule has 2 nitrogen and oxygen atoms in total. The molecule has 0 fully saturated rings. The van der Waals surface area contributed by atoms with Crippen LogP contribution in [0, 0.1) is 5.82 Å². The molecule has 1 unspecified atom stereocenters. The molecule has 1 aromatic heterocycles. The van der Waals surface area contributed by atoms with Crippen LogP contribution in [0.5, 0.6) is 0 Å². The number of hydrogen-bond donors (Lipinski definition) is 2. The molecule has 108 valence electrons. The molecule has 1 atom stereocenters. The molecule has 2 aromatic carbocycles. The van der Waals surface area contributed by atoms with E-state index in [2.05, 4.69) is 39.6 Å². The van der Waals surface area contributed by atoms with Crippen LogP contribution in [0.2, 0.25) is 0 Å². The second-order valence-corrected chi connectivity index (χ2v) is 6.92. The summed E-state index contributed by atoms with van der Waals surface area (Å²) >= 11 is 5.03. The first-order valence-electron chi connectivity index (χ1n) is 6.55. The van der Waals surface area contributed by atoms with Crippen LogP contribution in [-0.2, 0) is 6.42 Å². The molecule has 5 heteroatoms. The summed E-state index contributed by atoms with van der Waals surface area (Å²) in [4.78, 5) is 1.15. The summed E-state index contributed by atoms with van der Waals surface area (Å²) < 4.78 is 15.4. The van der Waals surface area contributed by atoms with E-state index in [9.17, 15) is 4.39 Å². The Hall–Kier alpha value is -1.27. The van der Waals surface area contributed by atoms with E-state index in [4.69, 9.17) is 5.84 Å². The molecule has 0 aliphatic heterocycles. The molecule has 3 rings (SSSR count). The Morgan fingerprint density at radius 1 is 1.19 bits per heavy atom. The summed E-state index contributed by atoms with van der Waals surface area (Å²) in [6.07, 6.45) is 0.639. The van der Waals surface area contributed by atoms with Crippen molar-refractivity contribution in [2.24, 2.45) is 5.84 Å². The summed E-state index contributed by atoms with van der Waals surface area (Å²) in [6, 6.07) is 15.2. The lowest BCUT2D eigenvalue weighted by molar-refractivity contribution is 0.556. The van der Waals surface area contributed by atoms with Gasteiger partial charge in [-0.1, -0.05) is 34.1 Å². The largest absolute Gasteiger partial charge is 0.271 e. The van der Waals surface area contributed by atoms with Crippen LogP contribution in [0.3, 0.4) is 0 Å². The number of fused-ring (bicyclic) bond motifs is 1. The summed E-state index contributed by atoms with van der Waals surface area (Å²) in [5, 5.41) is 1.21. The van der Waals surface area contributed by atoms with Crippen molar-refractivity contribution in [1.29, 1.82) is 0 Å². The quantitative estimate of drug-likeness (QED) is 0.526. The first kappa shape index (κ1) is 14.7. The number of rotatable bonds is 4. The summed E-state index contributed by atoms with van der Waals surface area (Å²) in [5.41, 5.74) is 3.74. The molecule has 0 bridgehead atoms. The third-order valence-electron chi connectivity index (χ3n) is 3.35. The van der Waals surface area contributed by atoms with Crippen LogP contribution in [0.15, 0.2) is 53.0 Å². The number of hydrazine groups is 1. The summed E-state index contributed by atoms with van der Waals surface area (Å²) in [7, 11) is 0. The van der Waals surface area contributed by atoms with E-state index in [0.717, 1.165) is 14.9 Å². The van der Waals surface area contributed by atoms with Crippen molar-refractivity contribution in [3.05, 3.63) is 69.3 Å². The topological polar surface area (TPSA) is 38.0 Å². The molecule has 1 heterocycles. The van der Waals surface area contributed by atoms with Crippen LogP contribution in [0.25, 0.3) is 10.1 Å². The molecule has 0 amide bonds. The van der Waals surface area contributed by atoms with Gasteiger partial charge in [0.2, 0.25) is 0 Å². The number of nitrogens with two attached hydrogens (primary N) is 1. The zero-order valence-corrected chi connectivity index (χ0v) is 13.5. The van der Waals surface area contributed by atoms with Crippen LogP contribution >= 0.6 is 27.3 Å². The van der Waals surface area contributed by atoms with Gasteiger partial charge in [-0.15, -0.1) is 11.3 Å². The highest BCUT2D eigenvalue weighted by atomic mass is 79.9. The highest BCUT2D eigenvalue weighted by molar-refractivity contribution is 9.10. The zero-order valence-electron chi connectivity index (χ0n) is 11.1. The zero-order chi connectivity index (χ0) is 14.8. The van der Waals surface area contributed by atoms with E-state index in [-0.39, 0.29) is 11.9 Å². The molecular formula is C16H14BrFN2S. The molecule has 3 N–H and O–H groups in total. The highest BCUT2D eigenvalue weighted by Gasteiger charge is 2.14. The summed E-state index contributed by atoms with van der Waals surface area (Å²) in [6.45, 7) is 0. The van der Waals surface area contributed by atoms with E-state index < -0.39 is 0 Å². The van der Waals surface area contributed by atoms with Crippen LogP contribution in [0.1, 0.15) is 16.5 Å². The predicted octanol–water partition coefficient (Wildman–Crippen LogP) is 4.55. The first-order chi connectivity index (χ1) is 10.2. The Bertz CT molecular complexity index is 719. The van der Waals surface area contributed by atoms with Crippen molar-refractivity contribution in [2.45, 2.75) is 12.5 Å². The van der Waals surface area contributed by atoms with Crippen molar-refractivity contribution in [3.63, 3.8) is 0 Å². The van der Waals surface area contributed by atoms with Gasteiger partial charge < -0.3 is 0 Å². The van der Waals surface area contributed by atoms with Gasteiger partial charge in [-0.25, -0.2) is 4.39 Å². The van der Waals surface area contributed by atoms with Crippen molar-refractivity contribution in [1.82, 2.24) is 5.43 Å². The molecule has 0 saturated heterocycles. The van der Waals surface area contributed by atoms with E-state index in [1.165, 1.54) is 16.2 Å². The summed E-state index contributed by atoms with van der Waals surface area (Å²) in [5.74, 6) is 5.46. The van der Waals surface area contributed by atoms with Gasteiger partial charge >= 0.3 is 0 Å². The predicted molar refractivity (Wildman–Crippen MR) is 89.7 cm³/mol. The molecule has 0 spiro atoms. The Morgan fingerprint density at radius 2 is 2.00 bits per heavy atom. The van der Waals surface area contributed by atoms with Crippen molar-refractivity contribution in [2.75, 3.05) is 0 Å². The van der Waals surface area contributed by atoms with Crippen molar-refractivity contribution >= 4 is 37.4 Å². The lowest BCUT2D eigenvalue weighted by Crippen LogP contribution is -2.28. The maximum absolute atomic E-state index is 13.5. The minimum Gasteiger partial charge on any atom is -0.271 e. The normalized spacial score (nSPS) is 12.7. The van der Waals surface area contributed by atoms with Gasteiger partial charge in [0.05, 0.1) is 6.04 Å². The van der Waals surface area contributed by atoms with Crippen molar-refractivity contribution < 1.29 is 4.39 Å². The minimum atomic E-state index is -0.244. The van der Waals surface area contributed by atoms with Gasteiger partial charge in [-0.05, 0) is 47.7 Å². The maximum atomic E-state index is 13.5. The Kier molecular flexibility index (Phi) is 4.35. The Balaban J connectivity index is 1.90. The average molecular weight is 365 g/mol. The van der Waals surface area contributed by atoms with Crippen LogP contribution in [0.4, 0.5) is 4.39 Å². The first-order valence-corrected chi connectivity index (χ1v) is 8.16. The van der Waals surface area contributed by atoms with Crippen LogP contribution < -0.4 is 11.3 Å². The SMILES string of the molecule is NNC(Cc1cc(F)cc(Br)c1)c1cc2ccccc2s1. The molecule has 0 radical (unpaired) electrons. The van der Waals surface area contributed by atoms with E-state index in [0.29, 0.717) is 6.42 Å². The molecule has 3 aromatic rings. The van der Waals surface area contributed by atoms with E-state index >= 15 is 0 Å². The number of thiophene rings is 1. The van der Waals surface area contributed by atoms with E-state index in [1.54, 1.807) is 17.4 Å². The third kappa shape index (κ3) is 3.32. The van der Waals surface area contributed by atoms with Crippen molar-refractivity contribution in [3.8, 4) is 0 Å². The standard InChI is InChI=1S/C16H14BrFN2S/c17-12-5-10(6-13(18)9-12)7-14(20-19)16-8-11-3-1-2-4-15(11)21-16/h1-6,8-9,14,20H,7,19H2. The number of hydrogen-bond acceptors (Lipinski definition) is 3.